The molecule has 0 amide bonds. The van der Waals surface area contributed by atoms with Crippen molar-refractivity contribution in [3.8, 4) is 16.9 Å². The van der Waals surface area contributed by atoms with E-state index in [9.17, 15) is 5.11 Å². The van der Waals surface area contributed by atoms with Crippen LogP contribution in [0.5, 0.6) is 5.75 Å². The molecular formula is C24H26O. The first-order valence-electron chi connectivity index (χ1n) is 8.83. The van der Waals surface area contributed by atoms with Gasteiger partial charge in [-0.25, -0.2) is 0 Å². The Morgan fingerprint density at radius 2 is 1.40 bits per heavy atom. The van der Waals surface area contributed by atoms with Gasteiger partial charge in [0.1, 0.15) is 5.75 Å². The summed E-state index contributed by atoms with van der Waals surface area (Å²) >= 11 is 0. The number of aryl methyl sites for hydroxylation is 2. The van der Waals surface area contributed by atoms with Crippen molar-refractivity contribution in [3.05, 3.63) is 87.5 Å². The first kappa shape index (κ1) is 17.3. The zero-order chi connectivity index (χ0) is 18.1. The smallest absolute Gasteiger partial charge is 0.123 e. The van der Waals surface area contributed by atoms with E-state index < -0.39 is 0 Å². The summed E-state index contributed by atoms with van der Waals surface area (Å²) in [4.78, 5) is 0. The molecule has 1 heteroatoms. The molecular weight excluding hydrogens is 304 g/mol. The first-order chi connectivity index (χ1) is 11.9. The number of hydrogen-bond donors (Lipinski definition) is 1. The Kier molecular flexibility index (Phi) is 4.67. The fourth-order valence-corrected chi connectivity index (χ4v) is 3.70. The number of hydrogen-bond acceptors (Lipinski definition) is 1. The number of phenolic OH excluding ortho intramolecular Hbond substituents is 1. The molecule has 0 bridgehead atoms. The second-order valence-electron chi connectivity index (χ2n) is 7.03. The Bertz CT molecular complexity index is 921. The highest BCUT2D eigenvalue weighted by atomic mass is 16.3. The Hall–Kier alpha value is -2.54. The number of aromatic hydroxyl groups is 1. The molecule has 3 aromatic carbocycles. The molecule has 0 saturated heterocycles. The minimum Gasteiger partial charge on any atom is -0.507 e. The van der Waals surface area contributed by atoms with E-state index in [1.807, 2.05) is 24.3 Å². The highest BCUT2D eigenvalue weighted by Crippen LogP contribution is 2.35. The van der Waals surface area contributed by atoms with Gasteiger partial charge in [0.25, 0.3) is 0 Å². The molecule has 0 aromatic heterocycles. The number of rotatable bonds is 3. The third kappa shape index (κ3) is 3.19. The van der Waals surface area contributed by atoms with E-state index in [2.05, 4.69) is 58.9 Å². The van der Waals surface area contributed by atoms with Crippen molar-refractivity contribution in [1.82, 2.24) is 0 Å². The third-order valence-corrected chi connectivity index (χ3v) is 5.50. The van der Waals surface area contributed by atoms with Crippen LogP contribution in [0.1, 0.15) is 38.9 Å². The van der Waals surface area contributed by atoms with Gasteiger partial charge in [-0.1, -0.05) is 42.5 Å². The maximum atomic E-state index is 10.4. The second kappa shape index (κ2) is 6.76. The molecule has 25 heavy (non-hydrogen) atoms. The SMILES string of the molecule is Cc1cc(C)c(Cc2ccc(O)c(-c3ccccc3)c2C)c(C)c1C. The quantitative estimate of drug-likeness (QED) is 0.607. The molecule has 0 aliphatic heterocycles. The van der Waals surface area contributed by atoms with Crippen molar-refractivity contribution in [1.29, 1.82) is 0 Å². The van der Waals surface area contributed by atoms with Gasteiger partial charge < -0.3 is 5.11 Å². The monoisotopic (exact) mass is 330 g/mol. The summed E-state index contributed by atoms with van der Waals surface area (Å²) in [5, 5.41) is 10.4. The van der Waals surface area contributed by atoms with E-state index in [4.69, 9.17) is 0 Å². The maximum absolute atomic E-state index is 10.4. The van der Waals surface area contributed by atoms with Gasteiger partial charge in [-0.15, -0.1) is 0 Å². The van der Waals surface area contributed by atoms with Gasteiger partial charge >= 0.3 is 0 Å². The fourth-order valence-electron chi connectivity index (χ4n) is 3.70. The Morgan fingerprint density at radius 3 is 2.08 bits per heavy atom. The van der Waals surface area contributed by atoms with Crippen molar-refractivity contribution >= 4 is 0 Å². The van der Waals surface area contributed by atoms with Crippen LogP contribution in [0.25, 0.3) is 11.1 Å². The summed E-state index contributed by atoms with van der Waals surface area (Å²) in [5.74, 6) is 0.348. The van der Waals surface area contributed by atoms with Crippen LogP contribution in [0.4, 0.5) is 0 Å². The molecule has 0 aliphatic carbocycles. The van der Waals surface area contributed by atoms with Crippen molar-refractivity contribution in [2.75, 3.05) is 0 Å². The van der Waals surface area contributed by atoms with Gasteiger partial charge in [0.15, 0.2) is 0 Å². The molecule has 0 unspecified atom stereocenters. The minimum absolute atomic E-state index is 0.348. The van der Waals surface area contributed by atoms with E-state index >= 15 is 0 Å². The van der Waals surface area contributed by atoms with Gasteiger partial charge in [-0.3, -0.25) is 0 Å². The van der Waals surface area contributed by atoms with Crippen molar-refractivity contribution in [2.24, 2.45) is 0 Å². The average Bonchev–Trinajstić information content (AvgIpc) is 2.59. The molecule has 0 atom stereocenters. The van der Waals surface area contributed by atoms with E-state index in [-0.39, 0.29) is 0 Å². The van der Waals surface area contributed by atoms with Gasteiger partial charge in [-0.2, -0.15) is 0 Å². The van der Waals surface area contributed by atoms with Crippen molar-refractivity contribution in [2.45, 2.75) is 41.0 Å². The molecule has 0 fully saturated rings. The summed E-state index contributed by atoms with van der Waals surface area (Å²) in [7, 11) is 0. The van der Waals surface area contributed by atoms with E-state index in [1.165, 1.54) is 33.4 Å². The summed E-state index contributed by atoms with van der Waals surface area (Å²) in [5.41, 5.74) is 11.3. The van der Waals surface area contributed by atoms with E-state index in [0.717, 1.165) is 23.1 Å². The minimum atomic E-state index is 0.348. The molecule has 1 nitrogen and oxygen atoms in total. The predicted molar refractivity (Wildman–Crippen MR) is 106 cm³/mol. The maximum Gasteiger partial charge on any atom is 0.123 e. The summed E-state index contributed by atoms with van der Waals surface area (Å²) in [6, 6.07) is 16.3. The molecule has 128 valence electrons. The Balaban J connectivity index is 2.11. The fraction of sp³-hybridized carbons (Fsp3) is 0.250. The van der Waals surface area contributed by atoms with Gasteiger partial charge in [0.2, 0.25) is 0 Å². The molecule has 3 rings (SSSR count). The van der Waals surface area contributed by atoms with Gasteiger partial charge in [-0.05, 0) is 91.6 Å². The summed E-state index contributed by atoms with van der Waals surface area (Å²) < 4.78 is 0. The van der Waals surface area contributed by atoms with Crippen LogP contribution in [0.3, 0.4) is 0 Å². The highest BCUT2D eigenvalue weighted by molar-refractivity contribution is 5.75. The molecule has 0 heterocycles. The van der Waals surface area contributed by atoms with Crippen LogP contribution in [0.15, 0.2) is 48.5 Å². The van der Waals surface area contributed by atoms with Crippen LogP contribution < -0.4 is 0 Å². The first-order valence-corrected chi connectivity index (χ1v) is 8.83. The lowest BCUT2D eigenvalue weighted by Crippen LogP contribution is -2.02. The lowest BCUT2D eigenvalue weighted by Gasteiger charge is -2.18. The largest absolute Gasteiger partial charge is 0.507 e. The van der Waals surface area contributed by atoms with Crippen LogP contribution in [0, 0.1) is 34.6 Å². The highest BCUT2D eigenvalue weighted by Gasteiger charge is 2.14. The predicted octanol–water partition coefficient (Wildman–Crippen LogP) is 6.19. The van der Waals surface area contributed by atoms with Crippen LogP contribution in [-0.2, 0) is 6.42 Å². The topological polar surface area (TPSA) is 20.2 Å². The molecule has 0 radical (unpaired) electrons. The lowest BCUT2D eigenvalue weighted by atomic mass is 9.87. The van der Waals surface area contributed by atoms with E-state index in [0.29, 0.717) is 5.75 Å². The Labute approximate surface area is 151 Å². The van der Waals surface area contributed by atoms with Crippen LogP contribution in [-0.4, -0.2) is 5.11 Å². The molecule has 3 aromatic rings. The molecule has 0 spiro atoms. The van der Waals surface area contributed by atoms with Gasteiger partial charge in [0, 0.05) is 5.56 Å². The van der Waals surface area contributed by atoms with Crippen LogP contribution >= 0.6 is 0 Å². The zero-order valence-corrected chi connectivity index (χ0v) is 15.8. The van der Waals surface area contributed by atoms with Crippen molar-refractivity contribution in [3.63, 3.8) is 0 Å². The molecule has 1 N–H and O–H groups in total. The van der Waals surface area contributed by atoms with E-state index in [1.54, 1.807) is 0 Å². The van der Waals surface area contributed by atoms with Crippen LogP contribution in [0.2, 0.25) is 0 Å². The number of phenols is 1. The Morgan fingerprint density at radius 1 is 0.720 bits per heavy atom. The van der Waals surface area contributed by atoms with Crippen molar-refractivity contribution < 1.29 is 5.11 Å². The normalized spacial score (nSPS) is 10.9. The molecule has 0 saturated carbocycles. The average molecular weight is 330 g/mol. The lowest BCUT2D eigenvalue weighted by molar-refractivity contribution is 0.476. The zero-order valence-electron chi connectivity index (χ0n) is 15.8. The summed E-state index contributed by atoms with van der Waals surface area (Å²) in [6.45, 7) is 10.9. The molecule has 0 aliphatic rings. The number of benzene rings is 3. The van der Waals surface area contributed by atoms with Gasteiger partial charge in [0.05, 0.1) is 0 Å². The third-order valence-electron chi connectivity index (χ3n) is 5.50. The second-order valence-corrected chi connectivity index (χ2v) is 7.03. The summed E-state index contributed by atoms with van der Waals surface area (Å²) in [6.07, 6.45) is 0.894. The standard InChI is InChI=1S/C24H26O/c1-15-13-16(2)22(18(4)17(15)3)14-21-11-12-23(25)24(19(21)5)20-9-7-6-8-10-20/h6-13,25H,14H2,1-5H3.